The van der Waals surface area contributed by atoms with E-state index in [1.807, 2.05) is 0 Å². The van der Waals surface area contributed by atoms with Crippen LogP contribution in [-0.4, -0.2) is 35.5 Å². The zero-order chi connectivity index (χ0) is 20.8. The van der Waals surface area contributed by atoms with Crippen LogP contribution in [0.4, 0.5) is 11.4 Å². The predicted molar refractivity (Wildman–Crippen MR) is 110 cm³/mol. The Bertz CT molecular complexity index is 1060. The fraction of sp³-hybridized carbons (Fsp3) is 0.167. The third kappa shape index (κ3) is 7.14. The van der Waals surface area contributed by atoms with Crippen LogP contribution in [0.2, 0.25) is 0 Å². The molecule has 0 atom stereocenters. The maximum absolute atomic E-state index is 12.4. The predicted octanol–water partition coefficient (Wildman–Crippen LogP) is 1.92. The largest absolute Gasteiger partial charge is 0.322 e. The molecule has 0 bridgehead atoms. The highest BCUT2D eigenvalue weighted by atomic mass is 32.2. The average Bonchev–Trinajstić information content (AvgIpc) is 2.60. The Labute approximate surface area is 164 Å². The maximum atomic E-state index is 12.4. The first-order valence-electron chi connectivity index (χ1n) is 8.14. The number of sulfonamides is 2. The van der Waals surface area contributed by atoms with Gasteiger partial charge in [-0.25, -0.2) is 21.6 Å². The van der Waals surface area contributed by atoms with Gasteiger partial charge in [0.25, 0.3) is 5.91 Å². The van der Waals surface area contributed by atoms with Crippen molar-refractivity contribution in [3.05, 3.63) is 72.3 Å². The highest BCUT2D eigenvalue weighted by molar-refractivity contribution is 7.92. The fourth-order valence-corrected chi connectivity index (χ4v) is 3.94. The topological polar surface area (TPSA) is 121 Å². The minimum atomic E-state index is -3.46. The second-order valence-electron chi connectivity index (χ2n) is 6.00. The van der Waals surface area contributed by atoms with Crippen molar-refractivity contribution < 1.29 is 21.6 Å². The molecule has 0 saturated carbocycles. The molecule has 2 aromatic carbocycles. The quantitative estimate of drug-likeness (QED) is 0.532. The van der Waals surface area contributed by atoms with Crippen LogP contribution in [0.25, 0.3) is 0 Å². The molecule has 2 aromatic rings. The van der Waals surface area contributed by atoms with E-state index < -0.39 is 26.0 Å². The first kappa shape index (κ1) is 21.6. The average molecular weight is 424 g/mol. The Balaban J connectivity index is 2.05. The molecule has 0 radical (unpaired) electrons. The summed E-state index contributed by atoms with van der Waals surface area (Å²) in [5.74, 6) is -0.612. The zero-order valence-electron chi connectivity index (χ0n) is 15.2. The molecule has 0 unspecified atom stereocenters. The number of benzene rings is 2. The Morgan fingerprint density at radius 3 is 2.32 bits per heavy atom. The van der Waals surface area contributed by atoms with E-state index in [4.69, 9.17) is 0 Å². The van der Waals surface area contributed by atoms with E-state index >= 15 is 0 Å². The third-order valence-electron chi connectivity index (χ3n) is 3.44. The Kier molecular flexibility index (Phi) is 6.95. The third-order valence-corrected chi connectivity index (χ3v) is 5.37. The molecule has 0 aliphatic heterocycles. The molecule has 0 aliphatic rings. The van der Waals surface area contributed by atoms with Crippen LogP contribution < -0.4 is 14.8 Å². The van der Waals surface area contributed by atoms with E-state index in [0.29, 0.717) is 11.3 Å². The number of anilines is 2. The van der Waals surface area contributed by atoms with Gasteiger partial charge in [-0.15, -0.1) is 6.58 Å². The van der Waals surface area contributed by atoms with Crippen molar-refractivity contribution in [2.45, 2.75) is 5.75 Å². The lowest BCUT2D eigenvalue weighted by atomic mass is 10.1. The molecule has 0 heterocycles. The summed E-state index contributed by atoms with van der Waals surface area (Å²) in [5.41, 5.74) is 1.59. The summed E-state index contributed by atoms with van der Waals surface area (Å²) in [7, 11) is -6.91. The Hall–Kier alpha value is -2.69. The zero-order valence-corrected chi connectivity index (χ0v) is 16.8. The number of amides is 1. The van der Waals surface area contributed by atoms with Crippen molar-refractivity contribution in [3.8, 4) is 0 Å². The summed E-state index contributed by atoms with van der Waals surface area (Å²) in [6.07, 6.45) is 2.48. The van der Waals surface area contributed by atoms with Gasteiger partial charge in [0.1, 0.15) is 0 Å². The molecular formula is C18H21N3O5S2. The number of rotatable bonds is 9. The van der Waals surface area contributed by atoms with Gasteiger partial charge in [0.15, 0.2) is 0 Å². The van der Waals surface area contributed by atoms with Gasteiger partial charge in [0.05, 0.1) is 12.0 Å². The van der Waals surface area contributed by atoms with Gasteiger partial charge < -0.3 is 5.32 Å². The minimum Gasteiger partial charge on any atom is -0.322 e. The van der Waals surface area contributed by atoms with Gasteiger partial charge in [-0.05, 0) is 35.9 Å². The Morgan fingerprint density at radius 2 is 1.71 bits per heavy atom. The molecular weight excluding hydrogens is 402 g/mol. The molecule has 0 fully saturated rings. The molecule has 2 rings (SSSR count). The van der Waals surface area contributed by atoms with Crippen molar-refractivity contribution in [2.75, 3.05) is 22.8 Å². The summed E-state index contributed by atoms with van der Waals surface area (Å²) in [4.78, 5) is 12.4. The van der Waals surface area contributed by atoms with Crippen molar-refractivity contribution in [3.63, 3.8) is 0 Å². The van der Waals surface area contributed by atoms with E-state index in [1.54, 1.807) is 36.4 Å². The lowest BCUT2D eigenvalue weighted by Gasteiger charge is -2.09. The monoisotopic (exact) mass is 423 g/mol. The van der Waals surface area contributed by atoms with Crippen LogP contribution in [0.5, 0.6) is 0 Å². The standard InChI is InChI=1S/C18H21N3O5S2/c1-3-11-19-28(25,26)13-14-7-9-16(10-8-14)20-18(22)15-5-4-6-17(12-15)21-27(2,23)24/h3-10,12,19,21H,1,11,13H2,2H3,(H,20,22). The smallest absolute Gasteiger partial charge is 0.255 e. The molecule has 0 aliphatic carbocycles. The molecule has 3 N–H and O–H groups in total. The summed E-state index contributed by atoms with van der Waals surface area (Å²) < 4.78 is 51.0. The number of hydrogen-bond donors (Lipinski definition) is 3. The van der Waals surface area contributed by atoms with Gasteiger partial charge in [-0.2, -0.15) is 0 Å². The molecule has 10 heteroatoms. The Morgan fingerprint density at radius 1 is 1.04 bits per heavy atom. The van der Waals surface area contributed by atoms with E-state index in [9.17, 15) is 21.6 Å². The van der Waals surface area contributed by atoms with Crippen LogP contribution in [0.1, 0.15) is 15.9 Å². The van der Waals surface area contributed by atoms with E-state index in [0.717, 1.165) is 6.26 Å². The molecule has 8 nitrogen and oxygen atoms in total. The maximum Gasteiger partial charge on any atom is 0.255 e. The summed E-state index contributed by atoms with van der Waals surface area (Å²) >= 11 is 0. The van der Waals surface area contributed by atoms with Crippen LogP contribution in [0.15, 0.2) is 61.2 Å². The molecule has 0 saturated heterocycles. The van der Waals surface area contributed by atoms with Crippen LogP contribution in [0, 0.1) is 0 Å². The summed E-state index contributed by atoms with van der Waals surface area (Å²) in [5, 5.41) is 2.68. The van der Waals surface area contributed by atoms with Crippen LogP contribution in [0.3, 0.4) is 0 Å². The first-order valence-corrected chi connectivity index (χ1v) is 11.7. The molecule has 0 spiro atoms. The molecule has 28 heavy (non-hydrogen) atoms. The number of carbonyl (C=O) groups is 1. The van der Waals surface area contributed by atoms with E-state index in [2.05, 4.69) is 21.3 Å². The van der Waals surface area contributed by atoms with Gasteiger partial charge in [0, 0.05) is 23.5 Å². The second kappa shape index (κ2) is 9.00. The van der Waals surface area contributed by atoms with Gasteiger partial charge in [-0.3, -0.25) is 9.52 Å². The number of carbonyl (C=O) groups excluding carboxylic acids is 1. The summed E-state index contributed by atoms with van der Waals surface area (Å²) in [6, 6.07) is 12.5. The van der Waals surface area contributed by atoms with Gasteiger partial charge in [0.2, 0.25) is 20.0 Å². The van der Waals surface area contributed by atoms with Crippen molar-refractivity contribution >= 4 is 37.3 Å². The first-order chi connectivity index (χ1) is 13.1. The fourth-order valence-electron chi connectivity index (χ4n) is 2.28. The minimum absolute atomic E-state index is 0.156. The van der Waals surface area contributed by atoms with E-state index in [1.165, 1.54) is 18.2 Å². The summed E-state index contributed by atoms with van der Waals surface area (Å²) in [6.45, 7) is 3.61. The lowest BCUT2D eigenvalue weighted by Crippen LogP contribution is -2.25. The highest BCUT2D eigenvalue weighted by Crippen LogP contribution is 2.16. The number of nitrogens with one attached hydrogen (secondary N) is 3. The molecule has 1 amide bonds. The second-order valence-corrected chi connectivity index (χ2v) is 9.56. The van der Waals surface area contributed by atoms with Crippen molar-refractivity contribution in [2.24, 2.45) is 0 Å². The number of hydrogen-bond acceptors (Lipinski definition) is 5. The van der Waals surface area contributed by atoms with E-state index in [-0.39, 0.29) is 23.5 Å². The van der Waals surface area contributed by atoms with Gasteiger partial charge in [-0.1, -0.05) is 24.3 Å². The van der Waals surface area contributed by atoms with Crippen molar-refractivity contribution in [1.82, 2.24) is 4.72 Å². The lowest BCUT2D eigenvalue weighted by molar-refractivity contribution is 0.102. The van der Waals surface area contributed by atoms with Crippen LogP contribution in [-0.2, 0) is 25.8 Å². The van der Waals surface area contributed by atoms with Crippen molar-refractivity contribution in [1.29, 1.82) is 0 Å². The normalized spacial score (nSPS) is 11.6. The van der Waals surface area contributed by atoms with Crippen LogP contribution >= 0.6 is 0 Å². The highest BCUT2D eigenvalue weighted by Gasteiger charge is 2.11. The molecule has 150 valence electrons. The molecule has 0 aromatic heterocycles. The van der Waals surface area contributed by atoms with Gasteiger partial charge >= 0.3 is 0 Å². The SMILES string of the molecule is C=CCNS(=O)(=O)Cc1ccc(NC(=O)c2cccc(NS(C)(=O)=O)c2)cc1.